The van der Waals surface area contributed by atoms with E-state index in [2.05, 4.69) is 30.1 Å². The van der Waals surface area contributed by atoms with Crippen molar-refractivity contribution < 1.29 is 14.2 Å². The Morgan fingerprint density at radius 3 is 2.31 bits per heavy atom. The van der Waals surface area contributed by atoms with E-state index in [0.29, 0.717) is 18.1 Å². The molecule has 0 saturated heterocycles. The minimum atomic E-state index is 0.614. The van der Waals surface area contributed by atoms with Crippen LogP contribution in [0.5, 0.6) is 11.5 Å². The van der Waals surface area contributed by atoms with Crippen LogP contribution in [0, 0.1) is 0 Å². The molecule has 0 spiro atoms. The molecular formula is C21H36N2O3. The standard InChI is InChI=1S/C19H30N2O3.C2H6/c1-7-21(10-12-22-5)9-8-11-24-19-14-17(20-4)16(15(2)3)13-18(19)23-6;1-2/h13-14H,2,4,7-12H2,1,3,5-6H3;1-2H3. The summed E-state index contributed by atoms with van der Waals surface area (Å²) >= 11 is 0. The summed E-state index contributed by atoms with van der Waals surface area (Å²) in [5, 5.41) is 0. The Morgan fingerprint density at radius 1 is 1.12 bits per heavy atom. The molecule has 5 heteroatoms. The van der Waals surface area contributed by atoms with Gasteiger partial charge in [0, 0.05) is 31.8 Å². The summed E-state index contributed by atoms with van der Waals surface area (Å²) in [6.07, 6.45) is 0.930. The molecule has 0 radical (unpaired) electrons. The molecule has 0 N–H and O–H groups in total. The molecule has 5 nitrogen and oxygen atoms in total. The fourth-order valence-corrected chi connectivity index (χ4v) is 2.41. The third-order valence-electron chi connectivity index (χ3n) is 3.85. The Balaban J connectivity index is 0.00000301. The summed E-state index contributed by atoms with van der Waals surface area (Å²) in [7, 11) is 3.36. The maximum atomic E-state index is 5.90. The summed E-state index contributed by atoms with van der Waals surface area (Å²) in [6, 6.07) is 3.76. The molecule has 148 valence electrons. The van der Waals surface area contributed by atoms with E-state index in [1.807, 2.05) is 32.9 Å². The quantitative estimate of drug-likeness (QED) is 0.394. The third kappa shape index (κ3) is 8.02. The highest BCUT2D eigenvalue weighted by atomic mass is 16.5. The van der Waals surface area contributed by atoms with E-state index in [4.69, 9.17) is 14.2 Å². The van der Waals surface area contributed by atoms with E-state index in [1.165, 1.54) is 0 Å². The molecule has 0 amide bonds. The van der Waals surface area contributed by atoms with Crippen LogP contribution < -0.4 is 9.47 Å². The monoisotopic (exact) mass is 364 g/mol. The molecular weight excluding hydrogens is 328 g/mol. The number of rotatable bonds is 12. The van der Waals surface area contributed by atoms with Gasteiger partial charge in [-0.15, -0.1) is 0 Å². The highest BCUT2D eigenvalue weighted by molar-refractivity contribution is 5.76. The molecule has 0 aliphatic carbocycles. The minimum Gasteiger partial charge on any atom is -0.493 e. The topological polar surface area (TPSA) is 43.3 Å². The van der Waals surface area contributed by atoms with Crippen LogP contribution in [0.4, 0.5) is 5.69 Å². The molecule has 0 unspecified atom stereocenters. The summed E-state index contributed by atoms with van der Waals surface area (Å²) in [5.41, 5.74) is 2.60. The first-order valence-electron chi connectivity index (χ1n) is 9.26. The Hall–Kier alpha value is -1.85. The summed E-state index contributed by atoms with van der Waals surface area (Å²) in [4.78, 5) is 6.40. The lowest BCUT2D eigenvalue weighted by atomic mass is 10.1. The first-order chi connectivity index (χ1) is 12.6. The highest BCUT2D eigenvalue weighted by Gasteiger charge is 2.12. The van der Waals surface area contributed by atoms with Crippen molar-refractivity contribution >= 4 is 18.0 Å². The molecule has 0 aliphatic heterocycles. The van der Waals surface area contributed by atoms with Gasteiger partial charge < -0.3 is 19.1 Å². The van der Waals surface area contributed by atoms with Gasteiger partial charge in [-0.2, -0.15) is 0 Å². The predicted octanol–water partition coefficient (Wildman–Crippen LogP) is 4.82. The second-order valence-electron chi connectivity index (χ2n) is 5.59. The smallest absolute Gasteiger partial charge is 0.163 e. The molecule has 1 rings (SSSR count). The lowest BCUT2D eigenvalue weighted by Gasteiger charge is -2.20. The molecule has 0 aliphatic rings. The van der Waals surface area contributed by atoms with Crippen molar-refractivity contribution in [1.82, 2.24) is 4.90 Å². The second-order valence-corrected chi connectivity index (χ2v) is 5.59. The van der Waals surface area contributed by atoms with Crippen LogP contribution in [0.15, 0.2) is 23.7 Å². The van der Waals surface area contributed by atoms with Crippen LogP contribution in [-0.4, -0.2) is 58.7 Å². The van der Waals surface area contributed by atoms with Gasteiger partial charge in [0.2, 0.25) is 0 Å². The number of methoxy groups -OCH3 is 2. The van der Waals surface area contributed by atoms with Gasteiger partial charge in [-0.3, -0.25) is 4.99 Å². The zero-order valence-electron chi connectivity index (χ0n) is 17.4. The molecule has 0 heterocycles. The summed E-state index contributed by atoms with van der Waals surface area (Å²) in [6.45, 7) is 20.0. The highest BCUT2D eigenvalue weighted by Crippen LogP contribution is 2.37. The van der Waals surface area contributed by atoms with E-state index in [0.717, 1.165) is 49.5 Å². The van der Waals surface area contributed by atoms with Crippen molar-refractivity contribution in [1.29, 1.82) is 0 Å². The molecule has 0 bridgehead atoms. The SMILES string of the molecule is C=Nc1cc(OCCCN(CC)CCOC)c(OC)cc1C(=C)C.CC. The van der Waals surface area contributed by atoms with Crippen molar-refractivity contribution in [2.24, 2.45) is 4.99 Å². The fourth-order valence-electron chi connectivity index (χ4n) is 2.41. The van der Waals surface area contributed by atoms with Gasteiger partial charge in [-0.05, 0) is 38.2 Å². The first-order valence-corrected chi connectivity index (χ1v) is 9.26. The van der Waals surface area contributed by atoms with E-state index in [1.54, 1.807) is 14.2 Å². The number of likely N-dealkylation sites (N-methyl/N-ethyl adjacent to an activating group) is 1. The molecule has 0 saturated carbocycles. The van der Waals surface area contributed by atoms with Crippen LogP contribution in [0.3, 0.4) is 0 Å². The Labute approximate surface area is 159 Å². The van der Waals surface area contributed by atoms with Crippen LogP contribution in [0.1, 0.15) is 39.7 Å². The zero-order chi connectivity index (χ0) is 19.9. The number of ether oxygens (including phenoxy) is 3. The molecule has 1 aromatic carbocycles. The fraction of sp³-hybridized carbons (Fsp3) is 0.571. The lowest BCUT2D eigenvalue weighted by molar-refractivity contribution is 0.145. The minimum absolute atomic E-state index is 0.614. The molecule has 1 aromatic rings. The maximum absolute atomic E-state index is 5.90. The average Bonchev–Trinajstić information content (AvgIpc) is 2.68. The van der Waals surface area contributed by atoms with Crippen molar-refractivity contribution in [3.05, 3.63) is 24.3 Å². The van der Waals surface area contributed by atoms with E-state index >= 15 is 0 Å². The van der Waals surface area contributed by atoms with Crippen molar-refractivity contribution in [2.45, 2.75) is 34.1 Å². The second kappa shape index (κ2) is 14.3. The van der Waals surface area contributed by atoms with Crippen LogP contribution in [0.25, 0.3) is 5.57 Å². The van der Waals surface area contributed by atoms with Gasteiger partial charge in [0.15, 0.2) is 11.5 Å². The first kappa shape index (κ1) is 24.1. The molecule has 26 heavy (non-hydrogen) atoms. The summed E-state index contributed by atoms with van der Waals surface area (Å²) in [5.74, 6) is 1.37. The number of allylic oxidation sites excluding steroid dienone is 1. The van der Waals surface area contributed by atoms with Crippen LogP contribution in [-0.2, 0) is 4.74 Å². The Kier molecular flexibility index (Phi) is 13.3. The zero-order valence-corrected chi connectivity index (χ0v) is 17.4. The lowest BCUT2D eigenvalue weighted by Crippen LogP contribution is -2.29. The van der Waals surface area contributed by atoms with Gasteiger partial charge in [-0.1, -0.05) is 27.4 Å². The number of aliphatic imine (C=N–C) groups is 1. The Morgan fingerprint density at radius 2 is 1.81 bits per heavy atom. The number of nitrogens with zero attached hydrogens (tertiary/aromatic N) is 2. The van der Waals surface area contributed by atoms with Gasteiger partial charge in [0.05, 0.1) is 26.0 Å². The average molecular weight is 365 g/mol. The van der Waals surface area contributed by atoms with Gasteiger partial charge in [-0.25, -0.2) is 0 Å². The number of hydrogen-bond acceptors (Lipinski definition) is 5. The van der Waals surface area contributed by atoms with Gasteiger partial charge in [0.1, 0.15) is 0 Å². The third-order valence-corrected chi connectivity index (χ3v) is 3.85. The Bertz CT molecular complexity index is 544. The van der Waals surface area contributed by atoms with Gasteiger partial charge in [0.25, 0.3) is 0 Å². The van der Waals surface area contributed by atoms with Crippen molar-refractivity contribution in [2.75, 3.05) is 47.1 Å². The summed E-state index contributed by atoms with van der Waals surface area (Å²) < 4.78 is 16.5. The number of benzene rings is 1. The number of hydrogen-bond donors (Lipinski definition) is 0. The largest absolute Gasteiger partial charge is 0.493 e. The van der Waals surface area contributed by atoms with E-state index in [-0.39, 0.29) is 0 Å². The maximum Gasteiger partial charge on any atom is 0.163 e. The van der Waals surface area contributed by atoms with Crippen molar-refractivity contribution in [3.8, 4) is 11.5 Å². The molecule has 0 atom stereocenters. The van der Waals surface area contributed by atoms with Crippen LogP contribution >= 0.6 is 0 Å². The van der Waals surface area contributed by atoms with Crippen LogP contribution in [0.2, 0.25) is 0 Å². The van der Waals surface area contributed by atoms with Crippen molar-refractivity contribution in [3.63, 3.8) is 0 Å². The molecule has 0 aromatic heterocycles. The predicted molar refractivity (Wildman–Crippen MR) is 112 cm³/mol. The van der Waals surface area contributed by atoms with Gasteiger partial charge >= 0.3 is 0 Å². The normalized spacial score (nSPS) is 10.1. The van der Waals surface area contributed by atoms with E-state index < -0.39 is 0 Å². The molecule has 0 fully saturated rings. The van der Waals surface area contributed by atoms with E-state index in [9.17, 15) is 0 Å².